The number of aryl methyl sites for hydroxylation is 1. The van der Waals surface area contributed by atoms with Gasteiger partial charge in [-0.05, 0) is 37.3 Å². The Hall–Kier alpha value is -3.66. The fourth-order valence-corrected chi connectivity index (χ4v) is 3.04. The number of nitriles is 1. The van der Waals surface area contributed by atoms with E-state index in [-0.39, 0.29) is 5.56 Å². The van der Waals surface area contributed by atoms with Crippen LogP contribution < -0.4 is 0 Å². The quantitative estimate of drug-likeness (QED) is 0.536. The molecule has 0 spiro atoms. The smallest absolute Gasteiger partial charge is 0.264 e. The van der Waals surface area contributed by atoms with Crippen LogP contribution in [0.15, 0.2) is 55.0 Å². The molecule has 0 aliphatic heterocycles. The van der Waals surface area contributed by atoms with Crippen LogP contribution in [0.25, 0.3) is 28.2 Å². The van der Waals surface area contributed by atoms with Crippen molar-refractivity contribution in [3.05, 3.63) is 71.9 Å². The highest BCUT2D eigenvalue weighted by molar-refractivity contribution is 5.82. The highest BCUT2D eigenvalue weighted by atomic mass is 19.3. The van der Waals surface area contributed by atoms with Gasteiger partial charge in [-0.15, -0.1) is 0 Å². The fraction of sp³-hybridized carbons (Fsp3) is 0.100. The molecule has 0 aliphatic carbocycles. The molecule has 5 nitrogen and oxygen atoms in total. The van der Waals surface area contributed by atoms with E-state index >= 15 is 0 Å². The normalized spacial score (nSPS) is 11.1. The van der Waals surface area contributed by atoms with Crippen molar-refractivity contribution >= 4 is 5.65 Å². The Kier molecular flexibility index (Phi) is 4.09. The summed E-state index contributed by atoms with van der Waals surface area (Å²) in [6.45, 7) is 1.83. The van der Waals surface area contributed by atoms with E-state index in [4.69, 9.17) is 0 Å². The lowest BCUT2D eigenvalue weighted by Crippen LogP contribution is -2.00. The van der Waals surface area contributed by atoms with E-state index in [2.05, 4.69) is 15.0 Å². The van der Waals surface area contributed by atoms with Gasteiger partial charge >= 0.3 is 0 Å². The zero-order valence-corrected chi connectivity index (χ0v) is 14.3. The Morgan fingerprint density at radius 2 is 1.96 bits per heavy atom. The Balaban J connectivity index is 2.03. The molecule has 0 aliphatic rings. The van der Waals surface area contributed by atoms with Gasteiger partial charge in [-0.1, -0.05) is 6.07 Å². The highest BCUT2D eigenvalue weighted by Gasteiger charge is 2.21. The minimum Gasteiger partial charge on any atom is -0.291 e. The van der Waals surface area contributed by atoms with Crippen molar-refractivity contribution in [2.45, 2.75) is 13.3 Å². The Bertz CT molecular complexity index is 1190. The molecular formula is C20H13F2N5. The van der Waals surface area contributed by atoms with Gasteiger partial charge in [0.1, 0.15) is 17.4 Å². The van der Waals surface area contributed by atoms with Crippen molar-refractivity contribution < 1.29 is 8.78 Å². The van der Waals surface area contributed by atoms with E-state index in [0.29, 0.717) is 33.9 Å². The van der Waals surface area contributed by atoms with E-state index in [1.165, 1.54) is 18.5 Å². The van der Waals surface area contributed by atoms with Crippen molar-refractivity contribution in [1.29, 1.82) is 5.26 Å². The number of aromatic nitrogens is 4. The standard InChI is InChI=1S/C20H13F2N5/c1-12-3-2-4-16(26-12)19-18(15(20(21)22)7-8-24-19)13-5-6-17-25-10-14(9-23)27(17)11-13/h2-8,10-11,20H,1H3. The maximum absolute atomic E-state index is 13.8. The van der Waals surface area contributed by atoms with Crippen LogP contribution in [0.4, 0.5) is 8.78 Å². The second kappa shape index (κ2) is 6.57. The van der Waals surface area contributed by atoms with Gasteiger partial charge < -0.3 is 0 Å². The van der Waals surface area contributed by atoms with E-state index < -0.39 is 6.43 Å². The molecule has 0 unspecified atom stereocenters. The van der Waals surface area contributed by atoms with E-state index in [1.54, 1.807) is 28.8 Å². The SMILES string of the molecule is Cc1cccc(-c2nccc(C(F)F)c2-c2ccc3ncc(C#N)n3c2)n1. The van der Waals surface area contributed by atoms with Crippen LogP contribution in [0.3, 0.4) is 0 Å². The van der Waals surface area contributed by atoms with Gasteiger partial charge in [-0.25, -0.2) is 13.8 Å². The summed E-state index contributed by atoms with van der Waals surface area (Å²) in [6.07, 6.45) is 1.75. The largest absolute Gasteiger partial charge is 0.291 e. The lowest BCUT2D eigenvalue weighted by Gasteiger charge is -2.14. The van der Waals surface area contributed by atoms with Crippen LogP contribution in [0, 0.1) is 18.3 Å². The number of fused-ring (bicyclic) bond motifs is 1. The topological polar surface area (TPSA) is 66.9 Å². The van der Waals surface area contributed by atoms with Gasteiger partial charge in [0, 0.05) is 34.8 Å². The summed E-state index contributed by atoms with van der Waals surface area (Å²) in [5, 5.41) is 9.24. The van der Waals surface area contributed by atoms with E-state index in [1.807, 2.05) is 25.1 Å². The predicted octanol–water partition coefficient (Wildman–Crippen LogP) is 4.58. The summed E-state index contributed by atoms with van der Waals surface area (Å²) in [7, 11) is 0. The molecule has 0 amide bonds. The van der Waals surface area contributed by atoms with E-state index in [9.17, 15) is 14.0 Å². The molecule has 0 aromatic carbocycles. The van der Waals surface area contributed by atoms with Crippen LogP contribution in [-0.2, 0) is 0 Å². The highest BCUT2D eigenvalue weighted by Crippen LogP contribution is 2.37. The van der Waals surface area contributed by atoms with Crippen LogP contribution in [0.5, 0.6) is 0 Å². The Labute approximate surface area is 153 Å². The lowest BCUT2D eigenvalue weighted by atomic mass is 9.97. The summed E-state index contributed by atoms with van der Waals surface area (Å²) in [5.41, 5.74) is 3.20. The number of rotatable bonds is 3. The first kappa shape index (κ1) is 16.8. The van der Waals surface area contributed by atoms with Gasteiger partial charge in [0.15, 0.2) is 0 Å². The summed E-state index contributed by atoms with van der Waals surface area (Å²) in [4.78, 5) is 12.9. The maximum Gasteiger partial charge on any atom is 0.264 e. The zero-order chi connectivity index (χ0) is 19.0. The van der Waals surface area contributed by atoms with Crippen LogP contribution in [0.1, 0.15) is 23.4 Å². The summed E-state index contributed by atoms with van der Waals surface area (Å²) in [5.74, 6) is 0. The molecule has 4 aromatic rings. The average Bonchev–Trinajstić information content (AvgIpc) is 3.09. The first-order valence-electron chi connectivity index (χ1n) is 8.17. The van der Waals surface area contributed by atoms with Gasteiger partial charge in [-0.2, -0.15) is 5.26 Å². The van der Waals surface area contributed by atoms with Gasteiger partial charge in [-0.3, -0.25) is 14.4 Å². The number of alkyl halides is 2. The zero-order valence-electron chi connectivity index (χ0n) is 14.3. The number of hydrogen-bond donors (Lipinski definition) is 0. The molecule has 0 bridgehead atoms. The number of imidazole rings is 1. The minimum absolute atomic E-state index is 0.138. The summed E-state index contributed by atoms with van der Waals surface area (Å²) < 4.78 is 29.1. The molecule has 0 saturated heterocycles. The third kappa shape index (κ3) is 2.91. The van der Waals surface area contributed by atoms with Gasteiger partial charge in [0.25, 0.3) is 6.43 Å². The third-order valence-corrected chi connectivity index (χ3v) is 4.26. The molecule has 0 N–H and O–H groups in total. The molecular weight excluding hydrogens is 348 g/mol. The van der Waals surface area contributed by atoms with Crippen molar-refractivity contribution in [2.75, 3.05) is 0 Å². The molecule has 0 atom stereocenters. The molecule has 4 heterocycles. The van der Waals surface area contributed by atoms with Crippen LogP contribution >= 0.6 is 0 Å². The molecule has 0 saturated carbocycles. The molecule has 4 rings (SSSR count). The predicted molar refractivity (Wildman–Crippen MR) is 96.1 cm³/mol. The van der Waals surface area contributed by atoms with Gasteiger partial charge in [0.05, 0.1) is 17.6 Å². The maximum atomic E-state index is 13.8. The number of nitrogens with zero attached hydrogens (tertiary/aromatic N) is 5. The molecule has 0 fully saturated rings. The first-order valence-corrected chi connectivity index (χ1v) is 8.17. The van der Waals surface area contributed by atoms with Crippen LogP contribution in [0.2, 0.25) is 0 Å². The second-order valence-electron chi connectivity index (χ2n) is 5.99. The van der Waals surface area contributed by atoms with Crippen molar-refractivity contribution in [3.63, 3.8) is 0 Å². The Morgan fingerprint density at radius 3 is 2.70 bits per heavy atom. The Morgan fingerprint density at radius 1 is 1.11 bits per heavy atom. The van der Waals surface area contributed by atoms with E-state index in [0.717, 1.165) is 5.69 Å². The van der Waals surface area contributed by atoms with Crippen molar-refractivity contribution in [1.82, 2.24) is 19.4 Å². The average molecular weight is 361 g/mol. The molecule has 132 valence electrons. The number of hydrogen-bond acceptors (Lipinski definition) is 4. The second-order valence-corrected chi connectivity index (χ2v) is 5.99. The van der Waals surface area contributed by atoms with Crippen molar-refractivity contribution in [3.8, 4) is 28.6 Å². The minimum atomic E-state index is -2.68. The molecule has 0 radical (unpaired) electrons. The number of pyridine rings is 3. The summed E-state index contributed by atoms with van der Waals surface area (Å²) >= 11 is 0. The monoisotopic (exact) mass is 361 g/mol. The molecule has 7 heteroatoms. The van der Waals surface area contributed by atoms with Crippen LogP contribution in [-0.4, -0.2) is 19.4 Å². The molecule has 4 aromatic heterocycles. The lowest BCUT2D eigenvalue weighted by molar-refractivity contribution is 0.152. The summed E-state index contributed by atoms with van der Waals surface area (Å²) in [6, 6.07) is 12.1. The van der Waals surface area contributed by atoms with Gasteiger partial charge in [0.2, 0.25) is 0 Å². The third-order valence-electron chi connectivity index (χ3n) is 4.26. The number of halogens is 2. The molecule has 27 heavy (non-hydrogen) atoms. The van der Waals surface area contributed by atoms with Crippen molar-refractivity contribution in [2.24, 2.45) is 0 Å². The first-order chi connectivity index (χ1) is 13.1. The fourth-order valence-electron chi connectivity index (χ4n) is 3.04.